The van der Waals surface area contributed by atoms with Gasteiger partial charge in [-0.3, -0.25) is 0 Å². The normalized spacial score (nSPS) is 10.8. The third-order valence-electron chi connectivity index (χ3n) is 3.16. The molecule has 0 saturated carbocycles. The van der Waals surface area contributed by atoms with Crippen LogP contribution in [-0.4, -0.2) is 6.54 Å². The molecule has 0 saturated heterocycles. The van der Waals surface area contributed by atoms with E-state index in [-0.39, 0.29) is 0 Å². The van der Waals surface area contributed by atoms with Gasteiger partial charge in [-0.25, -0.2) is 0 Å². The molecule has 0 radical (unpaired) electrons. The second-order valence-electron chi connectivity index (χ2n) is 4.89. The summed E-state index contributed by atoms with van der Waals surface area (Å²) in [6, 6.07) is 13.5. The zero-order chi connectivity index (χ0) is 13.5. The first kappa shape index (κ1) is 14.3. The van der Waals surface area contributed by atoms with Gasteiger partial charge in [0.15, 0.2) is 0 Å². The maximum atomic E-state index is 3.45. The second-order valence-corrected chi connectivity index (χ2v) is 6.06. The molecule has 2 rings (SSSR count). The highest BCUT2D eigenvalue weighted by Crippen LogP contribution is 2.28. The molecule has 0 amide bonds. The van der Waals surface area contributed by atoms with E-state index in [9.17, 15) is 0 Å². The molecule has 2 heteroatoms. The summed E-state index contributed by atoms with van der Waals surface area (Å²) in [6.45, 7) is 6.51. The van der Waals surface area contributed by atoms with E-state index in [1.165, 1.54) is 40.1 Å². The summed E-state index contributed by atoms with van der Waals surface area (Å²) in [5.74, 6) is 0. The largest absolute Gasteiger partial charge is 0.312 e. The van der Waals surface area contributed by atoms with E-state index in [1.54, 1.807) is 0 Å². The van der Waals surface area contributed by atoms with E-state index in [0.717, 1.165) is 13.1 Å². The zero-order valence-electron chi connectivity index (χ0n) is 11.9. The smallest absolute Gasteiger partial charge is 0.0346 e. The van der Waals surface area contributed by atoms with E-state index in [2.05, 4.69) is 55.6 Å². The van der Waals surface area contributed by atoms with Crippen molar-refractivity contribution in [3.8, 4) is 10.4 Å². The minimum Gasteiger partial charge on any atom is -0.312 e. The molecule has 0 aliphatic heterocycles. The Morgan fingerprint density at radius 2 is 1.74 bits per heavy atom. The second kappa shape index (κ2) is 7.46. The minimum atomic E-state index is 0.992. The van der Waals surface area contributed by atoms with E-state index in [0.29, 0.717) is 0 Å². The molecule has 0 spiro atoms. The summed E-state index contributed by atoms with van der Waals surface area (Å²) in [7, 11) is 0. The Kier molecular flexibility index (Phi) is 5.62. The third-order valence-corrected chi connectivity index (χ3v) is 4.30. The summed E-state index contributed by atoms with van der Waals surface area (Å²) in [4.78, 5) is 2.79. The summed E-state index contributed by atoms with van der Waals surface area (Å²) in [6.07, 6.45) is 3.58. The van der Waals surface area contributed by atoms with Crippen molar-refractivity contribution in [3.63, 3.8) is 0 Å². The van der Waals surface area contributed by atoms with Gasteiger partial charge in [-0.15, -0.1) is 11.3 Å². The molecule has 1 N–H and O–H groups in total. The highest BCUT2D eigenvalue weighted by Gasteiger charge is 2.02. The highest BCUT2D eigenvalue weighted by molar-refractivity contribution is 7.15. The van der Waals surface area contributed by atoms with Gasteiger partial charge in [-0.1, -0.05) is 44.5 Å². The summed E-state index contributed by atoms with van der Waals surface area (Å²) in [5.41, 5.74) is 2.78. The Bertz CT molecular complexity index is 484. The molecule has 1 aromatic heterocycles. The zero-order valence-corrected chi connectivity index (χ0v) is 12.7. The molecule has 2 aromatic rings. The van der Waals surface area contributed by atoms with Crippen LogP contribution in [0.2, 0.25) is 0 Å². The molecule has 0 atom stereocenters. The molecular weight excluding hydrogens is 250 g/mol. The van der Waals surface area contributed by atoms with Crippen LogP contribution < -0.4 is 5.32 Å². The molecule has 0 fully saturated rings. The van der Waals surface area contributed by atoms with Crippen LogP contribution in [-0.2, 0) is 13.0 Å². The Hall–Kier alpha value is -1.12. The van der Waals surface area contributed by atoms with E-state index >= 15 is 0 Å². The Morgan fingerprint density at radius 3 is 2.42 bits per heavy atom. The van der Waals surface area contributed by atoms with Crippen molar-refractivity contribution in [1.29, 1.82) is 0 Å². The fourth-order valence-electron chi connectivity index (χ4n) is 2.14. The number of aryl methyl sites for hydroxylation is 1. The van der Waals surface area contributed by atoms with Crippen molar-refractivity contribution in [2.24, 2.45) is 0 Å². The van der Waals surface area contributed by atoms with Crippen LogP contribution in [0.4, 0.5) is 0 Å². The standard InChI is InChI=1S/C17H23NS/c1-3-5-14-6-8-15(9-7-14)17-11-10-16(19-17)13-18-12-4-2/h6-11,18H,3-5,12-13H2,1-2H3. The van der Waals surface area contributed by atoms with Gasteiger partial charge in [0, 0.05) is 16.3 Å². The third kappa shape index (κ3) is 4.19. The lowest BCUT2D eigenvalue weighted by molar-refractivity contribution is 0.681. The number of thiophene rings is 1. The average molecular weight is 273 g/mol. The van der Waals surface area contributed by atoms with Crippen LogP contribution in [0.15, 0.2) is 36.4 Å². The number of benzene rings is 1. The SMILES string of the molecule is CCCNCc1ccc(-c2ccc(CCC)cc2)s1. The van der Waals surface area contributed by atoms with Crippen molar-refractivity contribution >= 4 is 11.3 Å². The highest BCUT2D eigenvalue weighted by atomic mass is 32.1. The van der Waals surface area contributed by atoms with Crippen LogP contribution in [0, 0.1) is 0 Å². The van der Waals surface area contributed by atoms with E-state index < -0.39 is 0 Å². The predicted octanol–water partition coefficient (Wildman–Crippen LogP) is 4.87. The molecule has 102 valence electrons. The predicted molar refractivity (Wildman–Crippen MR) is 85.7 cm³/mol. The number of hydrogen-bond acceptors (Lipinski definition) is 2. The van der Waals surface area contributed by atoms with Gasteiger partial charge in [0.25, 0.3) is 0 Å². The van der Waals surface area contributed by atoms with E-state index in [1.807, 2.05) is 11.3 Å². The van der Waals surface area contributed by atoms with Gasteiger partial charge < -0.3 is 5.32 Å². The first-order chi connectivity index (χ1) is 9.33. The summed E-state index contributed by atoms with van der Waals surface area (Å²) >= 11 is 1.89. The van der Waals surface area contributed by atoms with Crippen molar-refractivity contribution in [2.45, 2.75) is 39.7 Å². The van der Waals surface area contributed by atoms with Crippen LogP contribution >= 0.6 is 11.3 Å². The maximum Gasteiger partial charge on any atom is 0.0346 e. The minimum absolute atomic E-state index is 0.992. The van der Waals surface area contributed by atoms with Crippen molar-refractivity contribution in [1.82, 2.24) is 5.32 Å². The number of hydrogen-bond donors (Lipinski definition) is 1. The Balaban J connectivity index is 2.01. The van der Waals surface area contributed by atoms with Gasteiger partial charge >= 0.3 is 0 Å². The van der Waals surface area contributed by atoms with Gasteiger partial charge in [0.05, 0.1) is 0 Å². The lowest BCUT2D eigenvalue weighted by Crippen LogP contribution is -2.12. The molecule has 0 aliphatic carbocycles. The molecule has 0 aliphatic rings. The van der Waals surface area contributed by atoms with Gasteiger partial charge in [0.2, 0.25) is 0 Å². The molecule has 0 bridgehead atoms. The fourth-order valence-corrected chi connectivity index (χ4v) is 3.12. The lowest BCUT2D eigenvalue weighted by Gasteiger charge is -2.01. The fraction of sp³-hybridized carbons (Fsp3) is 0.412. The molecule has 1 heterocycles. The molecular formula is C17H23NS. The first-order valence-electron chi connectivity index (χ1n) is 7.22. The average Bonchev–Trinajstić information content (AvgIpc) is 2.89. The lowest BCUT2D eigenvalue weighted by atomic mass is 10.1. The quantitative estimate of drug-likeness (QED) is 0.710. The Labute approximate surface area is 120 Å². The van der Waals surface area contributed by atoms with Crippen LogP contribution in [0.5, 0.6) is 0 Å². The van der Waals surface area contributed by atoms with Crippen LogP contribution in [0.1, 0.15) is 37.1 Å². The van der Waals surface area contributed by atoms with Gasteiger partial charge in [-0.2, -0.15) is 0 Å². The van der Waals surface area contributed by atoms with Crippen molar-refractivity contribution in [2.75, 3.05) is 6.54 Å². The number of nitrogens with one attached hydrogen (secondary N) is 1. The van der Waals surface area contributed by atoms with Crippen LogP contribution in [0.3, 0.4) is 0 Å². The Morgan fingerprint density at radius 1 is 0.947 bits per heavy atom. The molecule has 1 aromatic carbocycles. The molecule has 1 nitrogen and oxygen atoms in total. The topological polar surface area (TPSA) is 12.0 Å². The maximum absolute atomic E-state index is 3.45. The van der Waals surface area contributed by atoms with Crippen molar-refractivity contribution in [3.05, 3.63) is 46.8 Å². The molecule has 19 heavy (non-hydrogen) atoms. The monoisotopic (exact) mass is 273 g/mol. The van der Waals surface area contributed by atoms with Crippen LogP contribution in [0.25, 0.3) is 10.4 Å². The summed E-state index contributed by atoms with van der Waals surface area (Å²) < 4.78 is 0. The van der Waals surface area contributed by atoms with E-state index in [4.69, 9.17) is 0 Å². The summed E-state index contributed by atoms with van der Waals surface area (Å²) in [5, 5.41) is 3.45. The molecule has 0 unspecified atom stereocenters. The first-order valence-corrected chi connectivity index (χ1v) is 8.04. The van der Waals surface area contributed by atoms with Crippen molar-refractivity contribution < 1.29 is 0 Å². The number of rotatable bonds is 7. The van der Waals surface area contributed by atoms with Gasteiger partial charge in [0.1, 0.15) is 0 Å². The van der Waals surface area contributed by atoms with Gasteiger partial charge in [-0.05, 0) is 42.6 Å².